The molecule has 0 aliphatic rings. The van der Waals surface area contributed by atoms with Crippen molar-refractivity contribution in [2.45, 2.75) is 59.2 Å². The van der Waals surface area contributed by atoms with Gasteiger partial charge in [-0.15, -0.1) is 0 Å². The number of hydrogen-bond donors (Lipinski definition) is 1. The Balaban J connectivity index is 2.21. The van der Waals surface area contributed by atoms with Crippen LogP contribution >= 0.6 is 11.6 Å². The first kappa shape index (κ1) is 23.7. The minimum atomic E-state index is -0.574. The second-order valence-electron chi connectivity index (χ2n) is 7.50. The van der Waals surface area contributed by atoms with Crippen LogP contribution in [0.1, 0.15) is 44.7 Å². The second-order valence-corrected chi connectivity index (χ2v) is 7.94. The number of aryl methyl sites for hydroxylation is 1. The molecule has 2 aromatic rings. The van der Waals surface area contributed by atoms with Gasteiger partial charge in [-0.1, -0.05) is 61.3 Å². The number of amides is 2. The fraction of sp³-hybridized carbons (Fsp3) is 0.417. The molecule has 162 valence electrons. The lowest BCUT2D eigenvalue weighted by Gasteiger charge is -2.31. The summed E-state index contributed by atoms with van der Waals surface area (Å²) in [6.07, 6.45) is 1.34. The minimum Gasteiger partial charge on any atom is -0.484 e. The van der Waals surface area contributed by atoms with Crippen LogP contribution in [0.2, 0.25) is 5.02 Å². The summed E-state index contributed by atoms with van der Waals surface area (Å²) in [5.41, 5.74) is 2.08. The molecule has 0 saturated heterocycles. The number of nitrogens with one attached hydrogen (secondary N) is 1. The van der Waals surface area contributed by atoms with Gasteiger partial charge in [-0.05, 0) is 50.5 Å². The van der Waals surface area contributed by atoms with E-state index >= 15 is 0 Å². The van der Waals surface area contributed by atoms with Crippen molar-refractivity contribution in [3.05, 3.63) is 64.7 Å². The number of benzene rings is 2. The van der Waals surface area contributed by atoms with Crippen molar-refractivity contribution in [2.75, 3.05) is 6.61 Å². The standard InChI is InChI=1S/C24H31ClN2O3/c1-5-18(4)26-24(29)22(6-2)27(15-19-10-7-9-17(3)13-19)23(28)16-30-21-12-8-11-20(25)14-21/h7-14,18,22H,5-6,15-16H2,1-4H3,(H,26,29)/t18-,22-/m1/s1. The number of carbonyl (C=O) groups excluding carboxylic acids is 2. The first-order valence-corrected chi connectivity index (χ1v) is 10.8. The Labute approximate surface area is 184 Å². The van der Waals surface area contributed by atoms with Crippen LogP contribution in [0.4, 0.5) is 0 Å². The molecular weight excluding hydrogens is 400 g/mol. The fourth-order valence-electron chi connectivity index (χ4n) is 3.15. The van der Waals surface area contributed by atoms with Crippen LogP contribution in [0, 0.1) is 6.92 Å². The molecule has 0 unspecified atom stereocenters. The lowest BCUT2D eigenvalue weighted by Crippen LogP contribution is -2.51. The molecule has 2 amide bonds. The Morgan fingerprint density at radius 2 is 1.83 bits per heavy atom. The number of ether oxygens (including phenoxy) is 1. The van der Waals surface area contributed by atoms with Gasteiger partial charge in [-0.2, -0.15) is 0 Å². The van der Waals surface area contributed by atoms with Crippen LogP contribution < -0.4 is 10.1 Å². The van der Waals surface area contributed by atoms with Crippen LogP contribution in [-0.2, 0) is 16.1 Å². The van der Waals surface area contributed by atoms with Crippen molar-refractivity contribution in [3.8, 4) is 5.75 Å². The second kappa shape index (κ2) is 11.6. The van der Waals surface area contributed by atoms with Gasteiger partial charge in [0.2, 0.25) is 5.91 Å². The fourth-order valence-corrected chi connectivity index (χ4v) is 3.33. The molecule has 0 aromatic heterocycles. The zero-order valence-electron chi connectivity index (χ0n) is 18.2. The summed E-state index contributed by atoms with van der Waals surface area (Å²) in [5.74, 6) is 0.127. The van der Waals surface area contributed by atoms with Crippen LogP contribution in [0.15, 0.2) is 48.5 Å². The largest absolute Gasteiger partial charge is 0.484 e. The van der Waals surface area contributed by atoms with E-state index in [0.29, 0.717) is 23.7 Å². The SMILES string of the molecule is CC[C@@H](C)NC(=O)[C@@H](CC)N(Cc1cccc(C)c1)C(=O)COc1cccc(Cl)c1. The molecule has 0 heterocycles. The molecule has 0 bridgehead atoms. The molecule has 30 heavy (non-hydrogen) atoms. The highest BCUT2D eigenvalue weighted by atomic mass is 35.5. The summed E-state index contributed by atoms with van der Waals surface area (Å²) >= 11 is 5.99. The zero-order chi connectivity index (χ0) is 22.1. The minimum absolute atomic E-state index is 0.0465. The number of hydrogen-bond acceptors (Lipinski definition) is 3. The number of nitrogens with zero attached hydrogens (tertiary/aromatic N) is 1. The summed E-state index contributed by atoms with van der Waals surface area (Å²) in [4.78, 5) is 27.6. The van der Waals surface area contributed by atoms with Crippen molar-refractivity contribution < 1.29 is 14.3 Å². The van der Waals surface area contributed by atoms with Crippen molar-refractivity contribution in [2.24, 2.45) is 0 Å². The Kier molecular flexibility index (Phi) is 9.18. The molecular formula is C24H31ClN2O3. The molecule has 2 atom stereocenters. The average molecular weight is 431 g/mol. The Hall–Kier alpha value is -2.53. The monoisotopic (exact) mass is 430 g/mol. The molecule has 1 N–H and O–H groups in total. The van der Waals surface area contributed by atoms with Crippen LogP contribution in [0.5, 0.6) is 5.75 Å². The molecule has 5 nitrogen and oxygen atoms in total. The maximum atomic E-state index is 13.1. The highest BCUT2D eigenvalue weighted by Crippen LogP contribution is 2.18. The van der Waals surface area contributed by atoms with Crippen molar-refractivity contribution in [1.29, 1.82) is 0 Å². The Morgan fingerprint density at radius 3 is 2.47 bits per heavy atom. The summed E-state index contributed by atoms with van der Waals surface area (Å²) in [6.45, 7) is 8.06. The van der Waals surface area contributed by atoms with E-state index in [9.17, 15) is 9.59 Å². The topological polar surface area (TPSA) is 58.6 Å². The van der Waals surface area contributed by atoms with Crippen molar-refractivity contribution in [1.82, 2.24) is 10.2 Å². The summed E-state index contributed by atoms with van der Waals surface area (Å²) in [6, 6.07) is 14.3. The van der Waals surface area contributed by atoms with E-state index in [1.54, 1.807) is 29.2 Å². The van der Waals surface area contributed by atoms with Gasteiger partial charge < -0.3 is 15.0 Å². The van der Waals surface area contributed by atoms with E-state index in [0.717, 1.165) is 17.5 Å². The molecule has 0 fully saturated rings. The Morgan fingerprint density at radius 1 is 1.10 bits per heavy atom. The van der Waals surface area contributed by atoms with Gasteiger partial charge in [0.05, 0.1) is 0 Å². The van der Waals surface area contributed by atoms with E-state index in [2.05, 4.69) is 5.32 Å². The van der Waals surface area contributed by atoms with Gasteiger partial charge >= 0.3 is 0 Å². The number of halogens is 1. The molecule has 0 spiro atoms. The van der Waals surface area contributed by atoms with Gasteiger partial charge in [-0.3, -0.25) is 9.59 Å². The van der Waals surface area contributed by atoms with Crippen LogP contribution in [0.3, 0.4) is 0 Å². The molecule has 2 aromatic carbocycles. The third kappa shape index (κ3) is 7.06. The number of carbonyl (C=O) groups is 2. The first-order valence-electron chi connectivity index (χ1n) is 10.4. The molecule has 0 saturated carbocycles. The zero-order valence-corrected chi connectivity index (χ0v) is 18.9. The quantitative estimate of drug-likeness (QED) is 0.591. The normalized spacial score (nSPS) is 12.7. The van der Waals surface area contributed by atoms with E-state index in [4.69, 9.17) is 16.3 Å². The van der Waals surface area contributed by atoms with E-state index in [1.807, 2.05) is 52.0 Å². The maximum absolute atomic E-state index is 13.1. The van der Waals surface area contributed by atoms with E-state index in [1.165, 1.54) is 0 Å². The Bertz CT molecular complexity index is 856. The first-order chi connectivity index (χ1) is 14.3. The third-order valence-corrected chi connectivity index (χ3v) is 5.22. The molecule has 0 aliphatic carbocycles. The van der Waals surface area contributed by atoms with Gasteiger partial charge in [0.1, 0.15) is 11.8 Å². The predicted molar refractivity (Wildman–Crippen MR) is 121 cm³/mol. The van der Waals surface area contributed by atoms with Gasteiger partial charge in [0.15, 0.2) is 6.61 Å². The molecule has 6 heteroatoms. The average Bonchev–Trinajstić information content (AvgIpc) is 2.71. The van der Waals surface area contributed by atoms with E-state index < -0.39 is 6.04 Å². The van der Waals surface area contributed by atoms with Crippen LogP contribution in [-0.4, -0.2) is 35.4 Å². The van der Waals surface area contributed by atoms with Crippen molar-refractivity contribution in [3.63, 3.8) is 0 Å². The lowest BCUT2D eigenvalue weighted by atomic mass is 10.1. The highest BCUT2D eigenvalue weighted by Gasteiger charge is 2.29. The maximum Gasteiger partial charge on any atom is 0.261 e. The van der Waals surface area contributed by atoms with Gasteiger partial charge in [0, 0.05) is 17.6 Å². The van der Waals surface area contributed by atoms with E-state index in [-0.39, 0.29) is 24.5 Å². The van der Waals surface area contributed by atoms with Gasteiger partial charge in [-0.25, -0.2) is 0 Å². The van der Waals surface area contributed by atoms with Crippen LogP contribution in [0.25, 0.3) is 0 Å². The predicted octanol–water partition coefficient (Wildman–Crippen LogP) is 4.75. The summed E-state index contributed by atoms with van der Waals surface area (Å²) in [7, 11) is 0. The number of rotatable bonds is 10. The molecule has 0 aliphatic heterocycles. The molecule has 0 radical (unpaired) electrons. The van der Waals surface area contributed by atoms with Crippen molar-refractivity contribution >= 4 is 23.4 Å². The summed E-state index contributed by atoms with van der Waals surface area (Å²) < 4.78 is 5.66. The lowest BCUT2D eigenvalue weighted by molar-refractivity contribution is -0.143. The van der Waals surface area contributed by atoms with Gasteiger partial charge in [0.25, 0.3) is 5.91 Å². The molecule has 2 rings (SSSR count). The summed E-state index contributed by atoms with van der Waals surface area (Å²) in [5, 5.41) is 3.54. The smallest absolute Gasteiger partial charge is 0.261 e. The third-order valence-electron chi connectivity index (χ3n) is 4.98. The highest BCUT2D eigenvalue weighted by molar-refractivity contribution is 6.30.